The number of aromatic carboxylic acids is 1. The van der Waals surface area contributed by atoms with Crippen LogP contribution in [-0.2, 0) is 6.54 Å². The van der Waals surface area contributed by atoms with Gasteiger partial charge in [-0.15, -0.1) is 0 Å². The molecule has 1 fully saturated rings. The second-order valence-electron chi connectivity index (χ2n) is 6.47. The summed E-state index contributed by atoms with van der Waals surface area (Å²) < 4.78 is 0. The molecule has 0 aliphatic carbocycles. The van der Waals surface area contributed by atoms with Crippen molar-refractivity contribution in [2.45, 2.75) is 12.6 Å². The van der Waals surface area contributed by atoms with Crippen LogP contribution in [0.15, 0.2) is 48.5 Å². The second kappa shape index (κ2) is 8.09. The van der Waals surface area contributed by atoms with Crippen LogP contribution in [0.2, 0.25) is 0 Å². The first-order valence-electron chi connectivity index (χ1n) is 8.52. The molecule has 1 aromatic heterocycles. The molecule has 0 amide bonds. The van der Waals surface area contributed by atoms with Crippen LogP contribution in [0.5, 0.6) is 0 Å². The van der Waals surface area contributed by atoms with E-state index in [1.807, 2.05) is 6.07 Å². The molecule has 1 atom stereocenters. The van der Waals surface area contributed by atoms with Crippen molar-refractivity contribution in [3.63, 3.8) is 0 Å². The largest absolute Gasteiger partial charge is 0.477 e. The predicted octanol–water partition coefficient (Wildman–Crippen LogP) is 2.01. The summed E-state index contributed by atoms with van der Waals surface area (Å²) in [6, 6.07) is 15.8. The van der Waals surface area contributed by atoms with Crippen LogP contribution in [0.3, 0.4) is 0 Å². The molecule has 2 heterocycles. The Labute approximate surface area is 148 Å². The van der Waals surface area contributed by atoms with Crippen LogP contribution in [0.25, 0.3) is 0 Å². The van der Waals surface area contributed by atoms with Crippen molar-refractivity contribution in [1.82, 2.24) is 14.8 Å². The van der Waals surface area contributed by atoms with Gasteiger partial charge in [-0.2, -0.15) is 0 Å². The summed E-state index contributed by atoms with van der Waals surface area (Å²) in [7, 11) is 2.14. The second-order valence-corrected chi connectivity index (χ2v) is 6.47. The Morgan fingerprint density at radius 3 is 2.76 bits per heavy atom. The molecular formula is C19H24N4O2. The van der Waals surface area contributed by atoms with Gasteiger partial charge in [0.2, 0.25) is 0 Å². The van der Waals surface area contributed by atoms with E-state index in [2.05, 4.69) is 51.4 Å². The number of benzene rings is 1. The minimum atomic E-state index is -1.01. The fourth-order valence-corrected chi connectivity index (χ4v) is 3.14. The molecule has 25 heavy (non-hydrogen) atoms. The fourth-order valence-electron chi connectivity index (χ4n) is 3.14. The highest BCUT2D eigenvalue weighted by Crippen LogP contribution is 2.14. The lowest BCUT2D eigenvalue weighted by Gasteiger charge is -2.40. The molecule has 2 N–H and O–H groups in total. The number of piperazine rings is 1. The number of rotatable bonds is 6. The normalized spacial score (nSPS) is 18.8. The SMILES string of the molecule is CN1CCN(Cc2ccccc2)C(CNc2cccc(C(=O)O)n2)C1. The molecule has 0 spiro atoms. The molecule has 0 radical (unpaired) electrons. The van der Waals surface area contributed by atoms with Gasteiger partial charge >= 0.3 is 5.97 Å². The molecule has 3 rings (SSSR count). The number of pyridine rings is 1. The van der Waals surface area contributed by atoms with Crippen LogP contribution in [0, 0.1) is 0 Å². The van der Waals surface area contributed by atoms with Gasteiger partial charge in [-0.3, -0.25) is 4.90 Å². The van der Waals surface area contributed by atoms with E-state index in [4.69, 9.17) is 5.11 Å². The van der Waals surface area contributed by atoms with Crippen LogP contribution < -0.4 is 5.32 Å². The van der Waals surface area contributed by atoms with Gasteiger partial charge in [-0.05, 0) is 24.7 Å². The number of carbonyl (C=O) groups is 1. The molecule has 6 heteroatoms. The Morgan fingerprint density at radius 2 is 2.00 bits per heavy atom. The van der Waals surface area contributed by atoms with Gasteiger partial charge < -0.3 is 15.3 Å². The first-order chi connectivity index (χ1) is 12.1. The lowest BCUT2D eigenvalue weighted by molar-refractivity contribution is 0.0690. The number of carboxylic acids is 1. The molecule has 6 nitrogen and oxygen atoms in total. The standard InChI is InChI=1S/C19H24N4O2/c1-22-10-11-23(13-15-6-3-2-4-7-15)16(14-22)12-20-18-9-5-8-17(21-18)19(24)25/h2-9,16H,10-14H2,1H3,(H,20,21)(H,24,25). The van der Waals surface area contributed by atoms with Crippen molar-refractivity contribution in [3.05, 3.63) is 59.8 Å². The maximum absolute atomic E-state index is 11.1. The number of likely N-dealkylation sites (N-methyl/N-ethyl adjacent to an activating group) is 1. The number of nitrogens with zero attached hydrogens (tertiary/aromatic N) is 3. The van der Waals surface area contributed by atoms with Crippen molar-refractivity contribution in [2.24, 2.45) is 0 Å². The maximum atomic E-state index is 11.1. The van der Waals surface area contributed by atoms with Crippen LogP contribution in [0.4, 0.5) is 5.82 Å². The Balaban J connectivity index is 1.65. The number of hydrogen-bond acceptors (Lipinski definition) is 5. The van der Waals surface area contributed by atoms with E-state index in [9.17, 15) is 4.79 Å². The number of anilines is 1. The highest BCUT2D eigenvalue weighted by Gasteiger charge is 2.25. The van der Waals surface area contributed by atoms with Crippen molar-refractivity contribution in [2.75, 3.05) is 38.5 Å². The molecule has 2 aromatic rings. The number of aromatic nitrogens is 1. The average molecular weight is 340 g/mol. The van der Waals surface area contributed by atoms with E-state index in [0.29, 0.717) is 11.9 Å². The summed E-state index contributed by atoms with van der Waals surface area (Å²) in [6.07, 6.45) is 0. The van der Waals surface area contributed by atoms with Crippen LogP contribution in [-0.4, -0.2) is 65.1 Å². The van der Waals surface area contributed by atoms with Crippen molar-refractivity contribution >= 4 is 11.8 Å². The minimum Gasteiger partial charge on any atom is -0.477 e. The van der Waals surface area contributed by atoms with E-state index in [0.717, 1.165) is 32.7 Å². The Hall–Kier alpha value is -2.44. The summed E-state index contributed by atoms with van der Waals surface area (Å²) in [4.78, 5) is 20.0. The van der Waals surface area contributed by atoms with Gasteiger partial charge in [-0.25, -0.2) is 9.78 Å². The number of nitrogens with one attached hydrogen (secondary N) is 1. The third-order valence-electron chi connectivity index (χ3n) is 4.52. The first kappa shape index (κ1) is 17.4. The molecule has 1 aliphatic heterocycles. The molecule has 0 bridgehead atoms. The van der Waals surface area contributed by atoms with Crippen LogP contribution >= 0.6 is 0 Å². The zero-order valence-corrected chi connectivity index (χ0v) is 14.4. The Kier molecular flexibility index (Phi) is 5.63. The van der Waals surface area contributed by atoms with Gasteiger partial charge in [0.05, 0.1) is 0 Å². The zero-order chi connectivity index (χ0) is 17.6. The Bertz CT molecular complexity index is 708. The topological polar surface area (TPSA) is 68.7 Å². The monoisotopic (exact) mass is 340 g/mol. The van der Waals surface area contributed by atoms with Gasteiger partial charge in [0.1, 0.15) is 5.82 Å². The summed E-state index contributed by atoms with van der Waals surface area (Å²) >= 11 is 0. The first-order valence-corrected chi connectivity index (χ1v) is 8.52. The van der Waals surface area contributed by atoms with E-state index < -0.39 is 5.97 Å². The summed E-state index contributed by atoms with van der Waals surface area (Å²) in [5.74, 6) is -0.403. The average Bonchev–Trinajstić information content (AvgIpc) is 2.63. The quantitative estimate of drug-likeness (QED) is 0.838. The van der Waals surface area contributed by atoms with E-state index in [1.165, 1.54) is 11.6 Å². The molecule has 1 aliphatic rings. The molecule has 1 unspecified atom stereocenters. The molecule has 1 aromatic carbocycles. The maximum Gasteiger partial charge on any atom is 0.354 e. The lowest BCUT2D eigenvalue weighted by atomic mass is 10.1. The van der Waals surface area contributed by atoms with Crippen molar-refractivity contribution in [3.8, 4) is 0 Å². The molecule has 1 saturated heterocycles. The van der Waals surface area contributed by atoms with Gasteiger partial charge in [0, 0.05) is 38.8 Å². The van der Waals surface area contributed by atoms with Crippen molar-refractivity contribution < 1.29 is 9.90 Å². The van der Waals surface area contributed by atoms with Crippen LogP contribution in [0.1, 0.15) is 16.1 Å². The molecule has 132 valence electrons. The third-order valence-corrected chi connectivity index (χ3v) is 4.52. The van der Waals surface area contributed by atoms with E-state index in [-0.39, 0.29) is 5.69 Å². The molecular weight excluding hydrogens is 316 g/mol. The minimum absolute atomic E-state index is 0.0619. The summed E-state index contributed by atoms with van der Waals surface area (Å²) in [5, 5.41) is 12.4. The van der Waals surface area contributed by atoms with Gasteiger partial charge in [0.25, 0.3) is 0 Å². The fraction of sp³-hybridized carbons (Fsp3) is 0.368. The Morgan fingerprint density at radius 1 is 1.20 bits per heavy atom. The third kappa shape index (κ3) is 4.78. The summed E-state index contributed by atoms with van der Waals surface area (Å²) in [5.41, 5.74) is 1.37. The number of carboxylic acid groups (broad SMARTS) is 1. The predicted molar refractivity (Wildman–Crippen MR) is 97.8 cm³/mol. The zero-order valence-electron chi connectivity index (χ0n) is 14.4. The van der Waals surface area contributed by atoms with Gasteiger partial charge in [0.15, 0.2) is 5.69 Å². The van der Waals surface area contributed by atoms with E-state index in [1.54, 1.807) is 12.1 Å². The summed E-state index contributed by atoms with van der Waals surface area (Å²) in [6.45, 7) is 4.69. The number of hydrogen-bond donors (Lipinski definition) is 2. The van der Waals surface area contributed by atoms with Gasteiger partial charge in [-0.1, -0.05) is 36.4 Å². The highest BCUT2D eigenvalue weighted by atomic mass is 16.4. The lowest BCUT2D eigenvalue weighted by Crippen LogP contribution is -2.54. The highest BCUT2D eigenvalue weighted by molar-refractivity contribution is 5.85. The smallest absolute Gasteiger partial charge is 0.354 e. The van der Waals surface area contributed by atoms with E-state index >= 15 is 0 Å². The van der Waals surface area contributed by atoms with Crippen molar-refractivity contribution in [1.29, 1.82) is 0 Å². The molecule has 0 saturated carbocycles.